The molecule has 7 heteroatoms. The maximum absolute atomic E-state index is 5.91. The molecule has 1 aromatic heterocycles. The van der Waals surface area contributed by atoms with Crippen molar-refractivity contribution in [1.29, 1.82) is 0 Å². The van der Waals surface area contributed by atoms with E-state index in [-0.39, 0.29) is 12.2 Å². The van der Waals surface area contributed by atoms with Gasteiger partial charge in [-0.05, 0) is 19.4 Å². The average molecular weight is 294 g/mol. The number of nitrogens with one attached hydrogen (secondary N) is 1. The van der Waals surface area contributed by atoms with Gasteiger partial charge in [-0.1, -0.05) is 5.16 Å². The summed E-state index contributed by atoms with van der Waals surface area (Å²) in [4.78, 5) is 6.99. The predicted molar refractivity (Wildman–Crippen MR) is 73.9 cm³/mol. The quantitative estimate of drug-likeness (QED) is 0.850. The molecule has 4 rings (SSSR count). The third-order valence-electron chi connectivity index (χ3n) is 4.57. The molecule has 3 aliphatic rings. The minimum Gasteiger partial charge on any atom is -0.375 e. The van der Waals surface area contributed by atoms with Gasteiger partial charge in [-0.15, -0.1) is 0 Å². The highest BCUT2D eigenvalue weighted by molar-refractivity contribution is 4.98. The Labute approximate surface area is 124 Å². The maximum Gasteiger partial charge on any atom is 0.229 e. The second-order valence-corrected chi connectivity index (χ2v) is 6.06. The second-order valence-electron chi connectivity index (χ2n) is 6.06. The van der Waals surface area contributed by atoms with Gasteiger partial charge in [0.25, 0.3) is 0 Å². The largest absolute Gasteiger partial charge is 0.375 e. The lowest BCUT2D eigenvalue weighted by Gasteiger charge is -2.33. The Hall–Kier alpha value is -1.02. The minimum atomic E-state index is -0.0535. The molecule has 7 nitrogen and oxygen atoms in total. The molecule has 3 atom stereocenters. The van der Waals surface area contributed by atoms with Gasteiger partial charge in [0.1, 0.15) is 6.10 Å². The monoisotopic (exact) mass is 294 g/mol. The van der Waals surface area contributed by atoms with E-state index in [0.29, 0.717) is 24.2 Å². The smallest absolute Gasteiger partial charge is 0.229 e. The Kier molecular flexibility index (Phi) is 3.89. The standard InChI is InChI=1S/C14H22N4O3/c1-2-10-9-20-12(8-18(10)4-1)14-16-13(21-17-14)6-11-7-15-3-5-19-11/h10-12,15H,1-9H2. The van der Waals surface area contributed by atoms with Crippen LogP contribution in [-0.4, -0.2) is 66.6 Å². The summed E-state index contributed by atoms with van der Waals surface area (Å²) in [6.07, 6.45) is 3.25. The van der Waals surface area contributed by atoms with E-state index >= 15 is 0 Å². The Bertz CT molecular complexity index is 475. The van der Waals surface area contributed by atoms with Gasteiger partial charge < -0.3 is 19.3 Å². The number of aromatic nitrogens is 2. The van der Waals surface area contributed by atoms with Gasteiger partial charge in [-0.25, -0.2) is 0 Å². The number of ether oxygens (including phenoxy) is 2. The number of fused-ring (bicyclic) bond motifs is 1. The van der Waals surface area contributed by atoms with Crippen molar-refractivity contribution >= 4 is 0 Å². The zero-order valence-electron chi connectivity index (χ0n) is 12.2. The normalized spacial score (nSPS) is 34.0. The number of hydrogen-bond acceptors (Lipinski definition) is 7. The molecule has 3 aliphatic heterocycles. The molecule has 1 N–H and O–H groups in total. The van der Waals surface area contributed by atoms with Crippen molar-refractivity contribution < 1.29 is 14.0 Å². The fourth-order valence-electron chi connectivity index (χ4n) is 3.40. The lowest BCUT2D eigenvalue weighted by Crippen LogP contribution is -2.42. The first-order chi connectivity index (χ1) is 10.4. The van der Waals surface area contributed by atoms with Crippen molar-refractivity contribution in [3.63, 3.8) is 0 Å². The van der Waals surface area contributed by atoms with Gasteiger partial charge in [0.2, 0.25) is 11.7 Å². The van der Waals surface area contributed by atoms with E-state index in [9.17, 15) is 0 Å². The summed E-state index contributed by atoms with van der Waals surface area (Å²) in [5.41, 5.74) is 0. The van der Waals surface area contributed by atoms with Crippen LogP contribution in [0.4, 0.5) is 0 Å². The van der Waals surface area contributed by atoms with Gasteiger partial charge in [0, 0.05) is 25.7 Å². The molecule has 0 radical (unpaired) electrons. The first-order valence-corrected chi connectivity index (χ1v) is 7.89. The summed E-state index contributed by atoms with van der Waals surface area (Å²) in [6.45, 7) is 5.32. The number of nitrogens with zero attached hydrogens (tertiary/aromatic N) is 3. The first-order valence-electron chi connectivity index (χ1n) is 7.89. The third kappa shape index (κ3) is 2.96. The molecule has 3 fully saturated rings. The van der Waals surface area contributed by atoms with Crippen LogP contribution in [0.3, 0.4) is 0 Å². The summed E-state index contributed by atoms with van der Waals surface area (Å²) in [5.74, 6) is 1.32. The van der Waals surface area contributed by atoms with Crippen LogP contribution < -0.4 is 5.32 Å². The first kappa shape index (κ1) is 13.6. The molecule has 0 amide bonds. The van der Waals surface area contributed by atoms with E-state index in [4.69, 9.17) is 14.0 Å². The fourth-order valence-corrected chi connectivity index (χ4v) is 3.40. The van der Waals surface area contributed by atoms with E-state index in [0.717, 1.165) is 39.4 Å². The lowest BCUT2D eigenvalue weighted by molar-refractivity contribution is -0.0548. The average Bonchev–Trinajstić information content (AvgIpc) is 3.16. The van der Waals surface area contributed by atoms with Crippen molar-refractivity contribution in [3.8, 4) is 0 Å². The lowest BCUT2D eigenvalue weighted by atomic mass is 10.2. The van der Waals surface area contributed by atoms with Crippen LogP contribution >= 0.6 is 0 Å². The van der Waals surface area contributed by atoms with Gasteiger partial charge in [-0.2, -0.15) is 4.98 Å². The Morgan fingerprint density at radius 1 is 1.33 bits per heavy atom. The Morgan fingerprint density at radius 2 is 2.33 bits per heavy atom. The van der Waals surface area contributed by atoms with E-state index in [1.165, 1.54) is 12.8 Å². The molecule has 1 aromatic rings. The Morgan fingerprint density at radius 3 is 3.24 bits per heavy atom. The van der Waals surface area contributed by atoms with Crippen LogP contribution in [0.25, 0.3) is 0 Å². The summed E-state index contributed by atoms with van der Waals surface area (Å²) < 4.78 is 16.9. The molecule has 3 unspecified atom stereocenters. The molecule has 0 aromatic carbocycles. The topological polar surface area (TPSA) is 72.7 Å². The molecule has 116 valence electrons. The molecule has 3 saturated heterocycles. The number of morpholine rings is 2. The summed E-state index contributed by atoms with van der Waals surface area (Å²) in [7, 11) is 0. The highest BCUT2D eigenvalue weighted by Crippen LogP contribution is 2.28. The molecule has 0 bridgehead atoms. The summed E-state index contributed by atoms with van der Waals surface area (Å²) in [6, 6.07) is 0.592. The van der Waals surface area contributed by atoms with Crippen molar-refractivity contribution in [1.82, 2.24) is 20.4 Å². The van der Waals surface area contributed by atoms with Crippen LogP contribution in [-0.2, 0) is 15.9 Å². The van der Waals surface area contributed by atoms with E-state index < -0.39 is 0 Å². The molecule has 4 heterocycles. The molecule has 21 heavy (non-hydrogen) atoms. The molecule has 0 spiro atoms. The molecule has 0 saturated carbocycles. The van der Waals surface area contributed by atoms with Gasteiger partial charge >= 0.3 is 0 Å². The van der Waals surface area contributed by atoms with Gasteiger partial charge in [0.05, 0.1) is 25.7 Å². The van der Waals surface area contributed by atoms with Crippen molar-refractivity contribution in [3.05, 3.63) is 11.7 Å². The second kappa shape index (κ2) is 6.00. The zero-order valence-corrected chi connectivity index (χ0v) is 12.2. The van der Waals surface area contributed by atoms with Crippen molar-refractivity contribution in [2.75, 3.05) is 39.4 Å². The number of hydrogen-bond donors (Lipinski definition) is 1. The van der Waals surface area contributed by atoms with Crippen LogP contribution in [0, 0.1) is 0 Å². The van der Waals surface area contributed by atoms with Crippen LogP contribution in [0.2, 0.25) is 0 Å². The molecular weight excluding hydrogens is 272 g/mol. The van der Waals surface area contributed by atoms with E-state index in [1.807, 2.05) is 0 Å². The third-order valence-corrected chi connectivity index (χ3v) is 4.57. The van der Waals surface area contributed by atoms with Gasteiger partial charge in [0.15, 0.2) is 0 Å². The SMILES string of the molecule is C1CC2COC(c3noc(CC4CNCCO4)n3)CN2C1. The molecule has 0 aliphatic carbocycles. The van der Waals surface area contributed by atoms with Crippen molar-refractivity contribution in [2.24, 2.45) is 0 Å². The highest BCUT2D eigenvalue weighted by atomic mass is 16.5. The van der Waals surface area contributed by atoms with Gasteiger partial charge in [-0.3, -0.25) is 4.90 Å². The Balaban J connectivity index is 1.37. The summed E-state index contributed by atoms with van der Waals surface area (Å²) in [5, 5.41) is 7.41. The highest BCUT2D eigenvalue weighted by Gasteiger charge is 2.35. The van der Waals surface area contributed by atoms with Crippen LogP contribution in [0.15, 0.2) is 4.52 Å². The van der Waals surface area contributed by atoms with E-state index in [1.54, 1.807) is 0 Å². The zero-order chi connectivity index (χ0) is 14.1. The van der Waals surface area contributed by atoms with Crippen molar-refractivity contribution in [2.45, 2.75) is 37.5 Å². The number of rotatable bonds is 3. The summed E-state index contributed by atoms with van der Waals surface area (Å²) >= 11 is 0. The van der Waals surface area contributed by atoms with Crippen LogP contribution in [0.5, 0.6) is 0 Å². The molecular formula is C14H22N4O3. The van der Waals surface area contributed by atoms with E-state index in [2.05, 4.69) is 20.4 Å². The predicted octanol–water partition coefficient (Wildman–Crippen LogP) is 0.136. The van der Waals surface area contributed by atoms with Crippen LogP contribution in [0.1, 0.15) is 30.7 Å². The minimum absolute atomic E-state index is 0.0535. The maximum atomic E-state index is 5.91. The fraction of sp³-hybridized carbons (Fsp3) is 0.857.